The molecule has 204 valence electrons. The van der Waals surface area contributed by atoms with Crippen molar-refractivity contribution in [2.24, 2.45) is 12.1 Å². The standard InChI is InChI=1S/C26H26F3N7O3/c1-14-24(33(2)32-25(14)34-10-18(37)11-34)21-8-23(20(29)9-30-21)39-19-12-35(13-19)26(38)36-22(3-4-31-36)15-5-16(27)7-17(28)6-15/h4-9,18-19,22,37H,3,10-13H2,1-2H3. The highest BCUT2D eigenvalue weighted by atomic mass is 19.1. The van der Waals surface area contributed by atoms with Crippen molar-refractivity contribution in [2.45, 2.75) is 31.6 Å². The summed E-state index contributed by atoms with van der Waals surface area (Å²) in [7, 11) is 1.77. The summed E-state index contributed by atoms with van der Waals surface area (Å²) in [6.45, 7) is 3.29. The summed E-state index contributed by atoms with van der Waals surface area (Å²) in [6.07, 6.45) is 2.12. The summed E-state index contributed by atoms with van der Waals surface area (Å²) in [5.74, 6) is -1.34. The lowest BCUT2D eigenvalue weighted by atomic mass is 10.0. The second-order valence-electron chi connectivity index (χ2n) is 10.0. The van der Waals surface area contributed by atoms with E-state index < -0.39 is 35.6 Å². The Labute approximate surface area is 221 Å². The highest BCUT2D eigenvalue weighted by Gasteiger charge is 2.39. The normalized spacial score (nSPS) is 19.4. The Morgan fingerprint density at radius 2 is 1.79 bits per heavy atom. The maximum absolute atomic E-state index is 14.6. The molecular formula is C26H26F3N7O3. The van der Waals surface area contributed by atoms with Crippen molar-refractivity contribution in [3.63, 3.8) is 0 Å². The van der Waals surface area contributed by atoms with E-state index in [9.17, 15) is 23.1 Å². The van der Waals surface area contributed by atoms with Crippen LogP contribution in [-0.4, -0.2) is 80.4 Å². The number of rotatable bonds is 5. The number of pyridine rings is 1. The number of aromatic nitrogens is 3. The molecule has 3 aliphatic rings. The van der Waals surface area contributed by atoms with E-state index in [1.54, 1.807) is 11.7 Å². The van der Waals surface area contributed by atoms with E-state index in [1.165, 1.54) is 34.3 Å². The van der Waals surface area contributed by atoms with Gasteiger partial charge in [0.05, 0.1) is 42.8 Å². The van der Waals surface area contributed by atoms with Crippen molar-refractivity contribution in [1.82, 2.24) is 24.7 Å². The van der Waals surface area contributed by atoms with Crippen molar-refractivity contribution < 1.29 is 27.8 Å². The van der Waals surface area contributed by atoms with Gasteiger partial charge in [0.2, 0.25) is 0 Å². The molecule has 5 heterocycles. The number of likely N-dealkylation sites (tertiary alicyclic amines) is 1. The minimum absolute atomic E-state index is 0.00549. The van der Waals surface area contributed by atoms with E-state index in [4.69, 9.17) is 4.74 Å². The van der Waals surface area contributed by atoms with Gasteiger partial charge in [-0.2, -0.15) is 10.2 Å². The number of ether oxygens (including phenoxy) is 1. The van der Waals surface area contributed by atoms with Crippen LogP contribution >= 0.6 is 0 Å². The topological polar surface area (TPSA) is 99.3 Å². The van der Waals surface area contributed by atoms with Gasteiger partial charge in [-0.25, -0.2) is 23.0 Å². The first-order valence-corrected chi connectivity index (χ1v) is 12.5. The number of hydrogen-bond donors (Lipinski definition) is 1. The van der Waals surface area contributed by atoms with Crippen LogP contribution in [0, 0.1) is 24.4 Å². The number of aliphatic hydroxyl groups is 1. The molecule has 2 fully saturated rings. The Morgan fingerprint density at radius 1 is 1.08 bits per heavy atom. The van der Waals surface area contributed by atoms with Crippen molar-refractivity contribution >= 4 is 18.1 Å². The highest BCUT2D eigenvalue weighted by Crippen LogP contribution is 2.35. The monoisotopic (exact) mass is 541 g/mol. The van der Waals surface area contributed by atoms with Crippen LogP contribution in [0.1, 0.15) is 23.6 Å². The van der Waals surface area contributed by atoms with Gasteiger partial charge in [0, 0.05) is 50.5 Å². The summed E-state index contributed by atoms with van der Waals surface area (Å²) >= 11 is 0. The van der Waals surface area contributed by atoms with E-state index in [0.717, 1.165) is 23.6 Å². The molecule has 0 bridgehead atoms. The fourth-order valence-corrected chi connectivity index (χ4v) is 5.18. The zero-order valence-corrected chi connectivity index (χ0v) is 21.3. The third kappa shape index (κ3) is 4.56. The van der Waals surface area contributed by atoms with Crippen molar-refractivity contribution in [1.29, 1.82) is 0 Å². The lowest BCUT2D eigenvalue weighted by Crippen LogP contribution is -2.58. The van der Waals surface area contributed by atoms with Gasteiger partial charge in [0.1, 0.15) is 17.7 Å². The number of anilines is 1. The molecule has 10 nitrogen and oxygen atoms in total. The SMILES string of the molecule is Cc1c(N2CC(O)C2)nn(C)c1-c1cc(OC2CN(C(=O)N3N=CCC3c3cc(F)cc(F)c3)C2)c(F)cn1. The first-order chi connectivity index (χ1) is 18.7. The molecule has 0 aliphatic carbocycles. The summed E-state index contributed by atoms with van der Waals surface area (Å²) in [5.41, 5.74) is 2.36. The van der Waals surface area contributed by atoms with Crippen LogP contribution in [0.25, 0.3) is 11.4 Å². The lowest BCUT2D eigenvalue weighted by molar-refractivity contribution is 0.0256. The Bertz CT molecular complexity index is 1450. The number of aliphatic hydroxyl groups excluding tert-OH is 1. The lowest BCUT2D eigenvalue weighted by Gasteiger charge is -2.41. The van der Waals surface area contributed by atoms with E-state index in [2.05, 4.69) is 15.2 Å². The molecule has 0 saturated carbocycles. The quantitative estimate of drug-likeness (QED) is 0.533. The van der Waals surface area contributed by atoms with Crippen LogP contribution in [0.4, 0.5) is 23.8 Å². The van der Waals surface area contributed by atoms with Gasteiger partial charge in [-0.15, -0.1) is 0 Å². The predicted octanol–water partition coefficient (Wildman–Crippen LogP) is 3.00. The number of amides is 2. The number of aryl methyl sites for hydroxylation is 1. The van der Waals surface area contributed by atoms with Crippen molar-refractivity contribution in [2.75, 3.05) is 31.1 Å². The largest absolute Gasteiger partial charge is 0.483 e. The number of nitrogens with zero attached hydrogens (tertiary/aromatic N) is 7. The van der Waals surface area contributed by atoms with Gasteiger partial charge in [-0.05, 0) is 24.6 Å². The second-order valence-corrected chi connectivity index (χ2v) is 10.0. The molecule has 1 atom stereocenters. The molecule has 1 N–H and O–H groups in total. The number of hydrazone groups is 1. The van der Waals surface area contributed by atoms with Crippen LogP contribution in [0.2, 0.25) is 0 Å². The molecule has 1 unspecified atom stereocenters. The van der Waals surface area contributed by atoms with Crippen LogP contribution < -0.4 is 9.64 Å². The third-order valence-electron chi connectivity index (χ3n) is 7.19. The molecule has 0 spiro atoms. The smallest absolute Gasteiger partial charge is 0.341 e. The molecule has 3 aromatic rings. The molecule has 2 aromatic heterocycles. The number of benzene rings is 1. The first kappa shape index (κ1) is 25.2. The van der Waals surface area contributed by atoms with Gasteiger partial charge in [0.15, 0.2) is 17.4 Å². The molecule has 0 radical (unpaired) electrons. The summed E-state index contributed by atoms with van der Waals surface area (Å²) in [4.78, 5) is 20.7. The predicted molar refractivity (Wildman–Crippen MR) is 135 cm³/mol. The van der Waals surface area contributed by atoms with Crippen LogP contribution in [0.3, 0.4) is 0 Å². The van der Waals surface area contributed by atoms with Gasteiger partial charge in [0.25, 0.3) is 0 Å². The van der Waals surface area contributed by atoms with Gasteiger partial charge in [-0.3, -0.25) is 9.67 Å². The van der Waals surface area contributed by atoms with Gasteiger partial charge in [-0.1, -0.05) is 0 Å². The van der Waals surface area contributed by atoms with E-state index in [-0.39, 0.29) is 24.9 Å². The molecule has 2 amide bonds. The van der Waals surface area contributed by atoms with Crippen molar-refractivity contribution in [3.8, 4) is 17.1 Å². The third-order valence-corrected chi connectivity index (χ3v) is 7.19. The van der Waals surface area contributed by atoms with E-state index in [1.807, 2.05) is 11.8 Å². The number of carbonyl (C=O) groups excluding carboxylic acids is 1. The maximum Gasteiger partial charge on any atom is 0.341 e. The summed E-state index contributed by atoms with van der Waals surface area (Å²) < 4.78 is 49.6. The molecule has 1 aromatic carbocycles. The first-order valence-electron chi connectivity index (χ1n) is 12.5. The molecule has 6 rings (SSSR count). The number of β-amino-alcohol motifs (C(OH)–C–C–N with tert-alkyl or cyclic N) is 1. The van der Waals surface area contributed by atoms with Crippen LogP contribution in [0.15, 0.2) is 35.6 Å². The molecular weight excluding hydrogens is 515 g/mol. The zero-order chi connectivity index (χ0) is 27.4. The van der Waals surface area contributed by atoms with Crippen LogP contribution in [-0.2, 0) is 7.05 Å². The van der Waals surface area contributed by atoms with Crippen molar-refractivity contribution in [3.05, 3.63) is 59.0 Å². The second kappa shape index (κ2) is 9.56. The number of carbonyl (C=O) groups is 1. The Kier molecular flexibility index (Phi) is 6.17. The van der Waals surface area contributed by atoms with Crippen LogP contribution in [0.5, 0.6) is 5.75 Å². The zero-order valence-electron chi connectivity index (χ0n) is 21.3. The Morgan fingerprint density at radius 3 is 2.49 bits per heavy atom. The number of urea groups is 1. The maximum atomic E-state index is 14.6. The average molecular weight is 542 g/mol. The molecule has 2 saturated heterocycles. The van der Waals surface area contributed by atoms with Gasteiger partial charge < -0.3 is 19.6 Å². The Hall–Kier alpha value is -4.13. The minimum atomic E-state index is -0.725. The average Bonchev–Trinajstić information content (AvgIpc) is 3.44. The number of halogens is 3. The molecule has 13 heteroatoms. The summed E-state index contributed by atoms with van der Waals surface area (Å²) in [5, 5.41) is 19.5. The van der Waals surface area contributed by atoms with Gasteiger partial charge >= 0.3 is 6.03 Å². The molecule has 3 aliphatic heterocycles. The fraction of sp³-hybridized carbons (Fsp3) is 0.385. The molecule has 39 heavy (non-hydrogen) atoms. The Balaban J connectivity index is 1.12. The van der Waals surface area contributed by atoms with E-state index in [0.29, 0.717) is 36.5 Å². The number of hydrogen-bond acceptors (Lipinski definition) is 7. The van der Waals surface area contributed by atoms with E-state index >= 15 is 0 Å². The summed E-state index contributed by atoms with van der Waals surface area (Å²) in [6, 6.07) is 3.62. The highest BCUT2D eigenvalue weighted by molar-refractivity contribution is 5.79. The fourth-order valence-electron chi connectivity index (χ4n) is 5.18. The minimum Gasteiger partial charge on any atom is -0.483 e.